The van der Waals surface area contributed by atoms with Crippen LogP contribution in [0.25, 0.3) is 11.3 Å². The van der Waals surface area contributed by atoms with Gasteiger partial charge in [0.15, 0.2) is 0 Å². The molecular weight excluding hydrogens is 433 g/mol. The Morgan fingerprint density at radius 1 is 1.09 bits per heavy atom. The first kappa shape index (κ1) is 21.7. The number of hydrogen-bond donors (Lipinski definition) is 1. The van der Waals surface area contributed by atoms with Gasteiger partial charge in [0, 0.05) is 36.6 Å². The van der Waals surface area contributed by atoms with Gasteiger partial charge in [-0.15, -0.1) is 10.2 Å². The number of benzene rings is 2. The summed E-state index contributed by atoms with van der Waals surface area (Å²) in [5.41, 5.74) is 3.41. The van der Waals surface area contributed by atoms with Crippen molar-refractivity contribution in [3.63, 3.8) is 0 Å². The number of halogens is 2. The minimum atomic E-state index is -0.542. The second-order valence-corrected chi connectivity index (χ2v) is 7.99. The first-order valence-corrected chi connectivity index (χ1v) is 10.5. The van der Waals surface area contributed by atoms with Crippen LogP contribution in [-0.2, 0) is 11.2 Å². The molecular formula is C23H21ClFN5O2. The zero-order chi connectivity index (χ0) is 22.8. The van der Waals surface area contributed by atoms with Crippen molar-refractivity contribution in [3.05, 3.63) is 86.9 Å². The molecule has 0 bridgehead atoms. The average molecular weight is 454 g/mol. The van der Waals surface area contributed by atoms with E-state index in [2.05, 4.69) is 15.5 Å². The quantitative estimate of drug-likeness (QED) is 0.473. The monoisotopic (exact) mass is 453 g/mol. The Balaban J connectivity index is 1.44. The van der Waals surface area contributed by atoms with Crippen molar-refractivity contribution in [2.24, 2.45) is 0 Å². The first-order valence-electron chi connectivity index (χ1n) is 10.1. The van der Waals surface area contributed by atoms with Gasteiger partial charge in [-0.2, -0.15) is 0 Å². The number of nitrogens with one attached hydrogen (secondary N) is 1. The van der Waals surface area contributed by atoms with Crippen LogP contribution in [0.5, 0.6) is 0 Å². The predicted molar refractivity (Wildman–Crippen MR) is 121 cm³/mol. The fraction of sp³-hybridized carbons (Fsp3) is 0.217. The molecule has 0 atom stereocenters. The van der Waals surface area contributed by atoms with Gasteiger partial charge in [0.05, 0.1) is 5.02 Å². The molecule has 32 heavy (non-hydrogen) atoms. The van der Waals surface area contributed by atoms with Crippen LogP contribution in [0.3, 0.4) is 0 Å². The Labute approximate surface area is 188 Å². The molecule has 0 aliphatic heterocycles. The highest BCUT2D eigenvalue weighted by atomic mass is 35.5. The van der Waals surface area contributed by atoms with Crippen LogP contribution in [0.1, 0.15) is 29.8 Å². The normalized spacial score (nSPS) is 11.1. The van der Waals surface area contributed by atoms with Crippen molar-refractivity contribution >= 4 is 28.8 Å². The van der Waals surface area contributed by atoms with Crippen LogP contribution < -0.4 is 10.9 Å². The second-order valence-electron chi connectivity index (χ2n) is 7.58. The van der Waals surface area contributed by atoms with E-state index >= 15 is 0 Å². The zero-order valence-electron chi connectivity index (χ0n) is 17.6. The molecule has 0 aliphatic rings. The van der Waals surface area contributed by atoms with Crippen molar-refractivity contribution in [2.75, 3.05) is 5.32 Å². The van der Waals surface area contributed by atoms with Gasteiger partial charge < -0.3 is 5.32 Å². The van der Waals surface area contributed by atoms with E-state index < -0.39 is 5.82 Å². The lowest BCUT2D eigenvalue weighted by Crippen LogP contribution is -2.20. The number of anilines is 1. The lowest BCUT2D eigenvalue weighted by molar-refractivity contribution is -0.116. The molecule has 9 heteroatoms. The van der Waals surface area contributed by atoms with Gasteiger partial charge in [-0.25, -0.2) is 4.39 Å². The van der Waals surface area contributed by atoms with Gasteiger partial charge in [-0.05, 0) is 61.7 Å². The van der Waals surface area contributed by atoms with E-state index in [0.29, 0.717) is 24.4 Å². The van der Waals surface area contributed by atoms with Gasteiger partial charge in [-0.3, -0.25) is 18.6 Å². The number of carbonyl (C=O) groups excluding carboxylic acids is 1. The SMILES string of the molecule is Cc1ccc(-n2ccn3c(CCCC(=O)Nc4ccc(F)c(Cl)c4)nnc3c2=O)cc1C. The summed E-state index contributed by atoms with van der Waals surface area (Å²) in [6, 6.07) is 9.83. The number of fused-ring (bicyclic) bond motifs is 1. The molecule has 0 saturated heterocycles. The van der Waals surface area contributed by atoms with Gasteiger partial charge >= 0.3 is 5.56 Å². The maximum atomic E-state index is 13.2. The zero-order valence-corrected chi connectivity index (χ0v) is 18.4. The molecule has 4 rings (SSSR count). The summed E-state index contributed by atoms with van der Waals surface area (Å²) >= 11 is 5.73. The van der Waals surface area contributed by atoms with Gasteiger partial charge in [0.2, 0.25) is 11.6 Å². The number of carbonyl (C=O) groups is 1. The molecule has 2 heterocycles. The summed E-state index contributed by atoms with van der Waals surface area (Å²) in [6.45, 7) is 4.02. The minimum absolute atomic E-state index is 0.0517. The molecule has 1 N–H and O–H groups in total. The Hall–Kier alpha value is -3.52. The van der Waals surface area contributed by atoms with Crippen LogP contribution in [-0.4, -0.2) is 25.1 Å². The third-order valence-corrected chi connectivity index (χ3v) is 5.61. The summed E-state index contributed by atoms with van der Waals surface area (Å²) in [5, 5.41) is 10.8. The number of aryl methyl sites for hydroxylation is 3. The maximum Gasteiger partial charge on any atom is 0.300 e. The summed E-state index contributed by atoms with van der Waals surface area (Å²) < 4.78 is 16.4. The lowest BCUT2D eigenvalue weighted by Gasteiger charge is -2.09. The summed E-state index contributed by atoms with van der Waals surface area (Å²) in [7, 11) is 0. The molecule has 1 amide bonds. The molecule has 0 fully saturated rings. The predicted octanol–water partition coefficient (Wildman–Crippen LogP) is 4.25. The Bertz CT molecular complexity index is 1380. The highest BCUT2D eigenvalue weighted by Gasteiger charge is 2.13. The average Bonchev–Trinajstić information content (AvgIpc) is 3.17. The molecule has 0 aliphatic carbocycles. The largest absolute Gasteiger partial charge is 0.326 e. The summed E-state index contributed by atoms with van der Waals surface area (Å²) in [4.78, 5) is 25.1. The van der Waals surface area contributed by atoms with Gasteiger partial charge in [-0.1, -0.05) is 17.7 Å². The fourth-order valence-electron chi connectivity index (χ4n) is 3.39. The van der Waals surface area contributed by atoms with Crippen molar-refractivity contribution in [1.82, 2.24) is 19.2 Å². The molecule has 0 saturated carbocycles. The van der Waals surface area contributed by atoms with Crippen LogP contribution >= 0.6 is 11.6 Å². The molecule has 2 aromatic carbocycles. The Morgan fingerprint density at radius 2 is 1.91 bits per heavy atom. The topological polar surface area (TPSA) is 81.3 Å². The number of hydrogen-bond acceptors (Lipinski definition) is 4. The van der Waals surface area contributed by atoms with E-state index in [0.717, 1.165) is 16.8 Å². The van der Waals surface area contributed by atoms with E-state index in [1.165, 1.54) is 18.2 Å². The highest BCUT2D eigenvalue weighted by molar-refractivity contribution is 6.31. The molecule has 164 valence electrons. The van der Waals surface area contributed by atoms with Crippen molar-refractivity contribution < 1.29 is 9.18 Å². The van der Waals surface area contributed by atoms with Crippen LogP contribution in [0.15, 0.2) is 53.6 Å². The maximum absolute atomic E-state index is 13.2. The van der Waals surface area contributed by atoms with E-state index in [1.807, 2.05) is 32.0 Å². The molecule has 2 aromatic heterocycles. The third kappa shape index (κ3) is 4.40. The second kappa shape index (κ2) is 8.92. The molecule has 0 spiro atoms. The van der Waals surface area contributed by atoms with Crippen LogP contribution in [0.4, 0.5) is 10.1 Å². The summed E-state index contributed by atoms with van der Waals surface area (Å²) in [6.07, 6.45) is 4.64. The number of nitrogens with zero attached hydrogens (tertiary/aromatic N) is 4. The van der Waals surface area contributed by atoms with Crippen LogP contribution in [0, 0.1) is 19.7 Å². The molecule has 4 aromatic rings. The molecule has 0 radical (unpaired) electrons. The lowest BCUT2D eigenvalue weighted by atomic mass is 10.1. The van der Waals surface area contributed by atoms with Gasteiger partial charge in [0.1, 0.15) is 11.6 Å². The first-order chi connectivity index (χ1) is 15.3. The van der Waals surface area contributed by atoms with Crippen molar-refractivity contribution in [1.29, 1.82) is 0 Å². The van der Waals surface area contributed by atoms with Gasteiger partial charge in [0.25, 0.3) is 0 Å². The van der Waals surface area contributed by atoms with Crippen molar-refractivity contribution in [3.8, 4) is 5.69 Å². The smallest absolute Gasteiger partial charge is 0.300 e. The number of rotatable bonds is 6. The van der Waals surface area contributed by atoms with E-state index in [9.17, 15) is 14.0 Å². The van der Waals surface area contributed by atoms with E-state index in [-0.39, 0.29) is 28.6 Å². The Kier molecular flexibility index (Phi) is 6.05. The Morgan fingerprint density at radius 3 is 2.66 bits per heavy atom. The van der Waals surface area contributed by atoms with Crippen LogP contribution in [0.2, 0.25) is 5.02 Å². The molecule has 7 nitrogen and oxygen atoms in total. The van der Waals surface area contributed by atoms with E-state index in [1.54, 1.807) is 21.4 Å². The minimum Gasteiger partial charge on any atom is -0.326 e. The number of amides is 1. The third-order valence-electron chi connectivity index (χ3n) is 5.32. The number of aromatic nitrogens is 4. The molecule has 0 unspecified atom stereocenters. The fourth-order valence-corrected chi connectivity index (χ4v) is 3.57. The standard InChI is InChI=1S/C23H21ClFN5O2/c1-14-6-8-17(12-15(14)2)29-10-11-30-20(27-28-22(30)23(29)32)4-3-5-21(31)26-16-7-9-19(25)18(24)13-16/h6-13H,3-5H2,1-2H3,(H,26,31). The highest BCUT2D eigenvalue weighted by Crippen LogP contribution is 2.19. The van der Waals surface area contributed by atoms with E-state index in [4.69, 9.17) is 11.6 Å². The van der Waals surface area contributed by atoms with Crippen molar-refractivity contribution in [2.45, 2.75) is 33.1 Å². The summed E-state index contributed by atoms with van der Waals surface area (Å²) in [5.74, 6) is -0.166.